The molecule has 0 saturated carbocycles. The predicted octanol–water partition coefficient (Wildman–Crippen LogP) is 3.67. The number of ether oxygens (including phenoxy) is 1. The van der Waals surface area contributed by atoms with Crippen molar-refractivity contribution in [1.82, 2.24) is 14.8 Å². The summed E-state index contributed by atoms with van der Waals surface area (Å²) in [6.07, 6.45) is 0.771. The number of rotatable bonds is 3. The Bertz CT molecular complexity index is 910. The largest absolute Gasteiger partial charge is 0.497 e. The highest BCUT2D eigenvalue weighted by atomic mass is 35.5. The molecule has 0 amide bonds. The lowest BCUT2D eigenvalue weighted by molar-refractivity contribution is 0.410. The average Bonchev–Trinajstić information content (AvgIpc) is 3.01. The molecular weight excluding hydrogens is 338 g/mol. The van der Waals surface area contributed by atoms with Crippen LogP contribution in [0.1, 0.15) is 29.6 Å². The highest BCUT2D eigenvalue weighted by Gasteiger charge is 2.31. The summed E-state index contributed by atoms with van der Waals surface area (Å²) in [5, 5.41) is 8.47. The maximum Gasteiger partial charge on any atom is 0.241 e. The fourth-order valence-corrected chi connectivity index (χ4v) is 3.54. The molecule has 3 aromatic rings. The SMILES string of the molecule is COc1cccc([C@H]2C[C@@H](c3ccccc3Cl)n3nc(N)nc3N2)c1. The molecule has 0 fully saturated rings. The van der Waals surface area contributed by atoms with Crippen molar-refractivity contribution in [3.8, 4) is 5.75 Å². The van der Waals surface area contributed by atoms with Crippen molar-refractivity contribution in [3.05, 3.63) is 64.7 Å². The highest BCUT2D eigenvalue weighted by molar-refractivity contribution is 6.31. The first kappa shape index (κ1) is 15.8. The Morgan fingerprint density at radius 3 is 2.88 bits per heavy atom. The zero-order valence-corrected chi connectivity index (χ0v) is 14.4. The van der Waals surface area contributed by atoms with E-state index in [-0.39, 0.29) is 18.0 Å². The summed E-state index contributed by atoms with van der Waals surface area (Å²) in [4.78, 5) is 4.32. The van der Waals surface area contributed by atoms with Gasteiger partial charge in [-0.1, -0.05) is 41.9 Å². The summed E-state index contributed by atoms with van der Waals surface area (Å²) < 4.78 is 7.16. The molecule has 128 valence electrons. The number of nitrogens with zero attached hydrogens (tertiary/aromatic N) is 3. The van der Waals surface area contributed by atoms with E-state index in [9.17, 15) is 0 Å². The summed E-state index contributed by atoms with van der Waals surface area (Å²) >= 11 is 6.44. The van der Waals surface area contributed by atoms with Crippen molar-refractivity contribution >= 4 is 23.5 Å². The Labute approximate surface area is 150 Å². The third-order valence-electron chi connectivity index (χ3n) is 4.47. The first-order chi connectivity index (χ1) is 12.2. The molecule has 0 aliphatic carbocycles. The number of halogens is 1. The van der Waals surface area contributed by atoms with Gasteiger partial charge in [-0.25, -0.2) is 4.68 Å². The maximum absolute atomic E-state index is 6.44. The van der Waals surface area contributed by atoms with E-state index < -0.39 is 0 Å². The molecule has 0 bridgehead atoms. The molecule has 4 rings (SSSR count). The Balaban J connectivity index is 1.77. The molecule has 0 saturated heterocycles. The van der Waals surface area contributed by atoms with Crippen molar-refractivity contribution in [2.75, 3.05) is 18.2 Å². The number of hydrogen-bond acceptors (Lipinski definition) is 5. The van der Waals surface area contributed by atoms with E-state index in [0.29, 0.717) is 11.0 Å². The number of aromatic nitrogens is 3. The molecule has 3 N–H and O–H groups in total. The van der Waals surface area contributed by atoms with Crippen LogP contribution in [0, 0.1) is 0 Å². The Hall–Kier alpha value is -2.73. The molecule has 0 unspecified atom stereocenters. The van der Waals surface area contributed by atoms with E-state index in [0.717, 1.165) is 23.3 Å². The number of nitrogens with one attached hydrogen (secondary N) is 1. The lowest BCUT2D eigenvalue weighted by Crippen LogP contribution is -2.28. The maximum atomic E-state index is 6.44. The van der Waals surface area contributed by atoms with Crippen LogP contribution in [0.15, 0.2) is 48.5 Å². The molecule has 7 heteroatoms. The van der Waals surface area contributed by atoms with Crippen LogP contribution >= 0.6 is 11.6 Å². The van der Waals surface area contributed by atoms with Crippen LogP contribution in [-0.2, 0) is 0 Å². The Morgan fingerprint density at radius 1 is 1.24 bits per heavy atom. The van der Waals surface area contributed by atoms with Gasteiger partial charge in [0.1, 0.15) is 5.75 Å². The smallest absolute Gasteiger partial charge is 0.241 e. The van der Waals surface area contributed by atoms with Crippen LogP contribution < -0.4 is 15.8 Å². The number of hydrogen-bond donors (Lipinski definition) is 2. The van der Waals surface area contributed by atoms with Crippen molar-refractivity contribution < 1.29 is 4.74 Å². The molecule has 0 radical (unpaired) electrons. The zero-order chi connectivity index (χ0) is 17.4. The van der Waals surface area contributed by atoms with Crippen LogP contribution in [0.3, 0.4) is 0 Å². The van der Waals surface area contributed by atoms with Gasteiger partial charge in [0.25, 0.3) is 0 Å². The van der Waals surface area contributed by atoms with Crippen LogP contribution in [0.4, 0.5) is 11.9 Å². The third kappa shape index (κ3) is 2.89. The molecule has 1 aromatic heterocycles. The molecule has 1 aliphatic heterocycles. The van der Waals surface area contributed by atoms with Crippen molar-refractivity contribution in [2.45, 2.75) is 18.5 Å². The molecule has 6 nitrogen and oxygen atoms in total. The topological polar surface area (TPSA) is 78.0 Å². The van der Waals surface area contributed by atoms with E-state index in [1.807, 2.05) is 47.1 Å². The Morgan fingerprint density at radius 2 is 2.08 bits per heavy atom. The van der Waals surface area contributed by atoms with Gasteiger partial charge in [-0.2, -0.15) is 4.98 Å². The lowest BCUT2D eigenvalue weighted by Gasteiger charge is -2.32. The molecule has 25 heavy (non-hydrogen) atoms. The van der Waals surface area contributed by atoms with Gasteiger partial charge in [0.15, 0.2) is 0 Å². The number of benzene rings is 2. The summed E-state index contributed by atoms with van der Waals surface area (Å²) in [6.45, 7) is 0. The molecule has 2 heterocycles. The van der Waals surface area contributed by atoms with Crippen LogP contribution in [0.2, 0.25) is 5.02 Å². The van der Waals surface area contributed by atoms with E-state index in [1.165, 1.54) is 0 Å². The average molecular weight is 356 g/mol. The minimum absolute atomic E-state index is 0.0486. The van der Waals surface area contributed by atoms with E-state index >= 15 is 0 Å². The Kier molecular flexibility index (Phi) is 3.97. The third-order valence-corrected chi connectivity index (χ3v) is 4.81. The molecule has 2 atom stereocenters. The second-order valence-corrected chi connectivity index (χ2v) is 6.39. The number of nitrogens with two attached hydrogens (primary N) is 1. The van der Waals surface area contributed by atoms with Gasteiger partial charge in [0.2, 0.25) is 11.9 Å². The minimum atomic E-state index is -0.0500. The molecule has 2 aromatic carbocycles. The fraction of sp³-hybridized carbons (Fsp3) is 0.222. The molecule has 1 aliphatic rings. The van der Waals surface area contributed by atoms with Crippen LogP contribution in [0.5, 0.6) is 5.75 Å². The van der Waals surface area contributed by atoms with Crippen molar-refractivity contribution in [1.29, 1.82) is 0 Å². The second-order valence-electron chi connectivity index (χ2n) is 5.98. The van der Waals surface area contributed by atoms with Crippen molar-refractivity contribution in [3.63, 3.8) is 0 Å². The first-order valence-electron chi connectivity index (χ1n) is 8.02. The van der Waals surface area contributed by atoms with Gasteiger partial charge < -0.3 is 15.8 Å². The van der Waals surface area contributed by atoms with Crippen molar-refractivity contribution in [2.24, 2.45) is 0 Å². The highest BCUT2D eigenvalue weighted by Crippen LogP contribution is 2.40. The summed E-state index contributed by atoms with van der Waals surface area (Å²) in [6, 6.07) is 15.8. The van der Waals surface area contributed by atoms with Gasteiger partial charge in [0.05, 0.1) is 19.2 Å². The second kappa shape index (κ2) is 6.29. The van der Waals surface area contributed by atoms with Crippen LogP contribution in [-0.4, -0.2) is 21.9 Å². The minimum Gasteiger partial charge on any atom is -0.497 e. The lowest BCUT2D eigenvalue weighted by atomic mass is 9.93. The van der Waals surface area contributed by atoms with Gasteiger partial charge in [0, 0.05) is 5.02 Å². The van der Waals surface area contributed by atoms with Gasteiger partial charge >= 0.3 is 0 Å². The van der Waals surface area contributed by atoms with E-state index in [4.69, 9.17) is 22.1 Å². The van der Waals surface area contributed by atoms with E-state index in [2.05, 4.69) is 21.5 Å². The van der Waals surface area contributed by atoms with Gasteiger partial charge in [-0.15, -0.1) is 5.10 Å². The number of methoxy groups -OCH3 is 1. The summed E-state index contributed by atoms with van der Waals surface area (Å²) in [5.41, 5.74) is 7.95. The van der Waals surface area contributed by atoms with Crippen LogP contribution in [0.25, 0.3) is 0 Å². The van der Waals surface area contributed by atoms with Gasteiger partial charge in [-0.05, 0) is 35.7 Å². The zero-order valence-electron chi connectivity index (χ0n) is 13.7. The first-order valence-corrected chi connectivity index (χ1v) is 8.40. The standard InChI is InChI=1S/C18H18ClN5O/c1-25-12-6-4-5-11(9-12)15-10-16(13-7-2-3-8-14(13)19)24-18(21-15)22-17(20)23-24/h2-9,15-16H,10H2,1H3,(H3,20,21,22,23)/t15-,16+/m1/s1. The monoisotopic (exact) mass is 355 g/mol. The summed E-state index contributed by atoms with van der Waals surface area (Å²) in [7, 11) is 1.66. The predicted molar refractivity (Wildman–Crippen MR) is 98.0 cm³/mol. The number of anilines is 2. The molecule has 0 spiro atoms. The number of nitrogen functional groups attached to an aromatic ring is 1. The van der Waals surface area contributed by atoms with Gasteiger partial charge in [-0.3, -0.25) is 0 Å². The fourth-order valence-electron chi connectivity index (χ4n) is 3.28. The number of fused-ring (bicyclic) bond motifs is 1. The normalized spacial score (nSPS) is 19.1. The molecular formula is C18H18ClN5O. The van der Waals surface area contributed by atoms with E-state index in [1.54, 1.807) is 7.11 Å². The summed E-state index contributed by atoms with van der Waals surface area (Å²) in [5.74, 6) is 1.70. The quantitative estimate of drug-likeness (QED) is 0.749.